The standard InChI is InChI=1S/C43H43N5O.Pd/c1-8-13-31-24-34(46(6)7)25-32(14-9-2)43(31)42-29(4)45-48(30(42)5)33-15-12-16-35(26-33)49-36-19-20-38-37-17-10-11-18-39(37)47(40(38)27-36)41-23-28(3)21-22-44-41;/h10-12,15-25H,8-9,13-14H2,1-7H3;/q-2;+2. The Morgan fingerprint density at radius 2 is 1.48 bits per heavy atom. The zero-order valence-electron chi connectivity index (χ0n) is 29.9. The van der Waals surface area contributed by atoms with Gasteiger partial charge in [-0.3, -0.25) is 4.68 Å². The molecule has 0 N–H and O–H groups in total. The molecule has 0 aliphatic carbocycles. The van der Waals surface area contributed by atoms with E-state index in [1.54, 1.807) is 0 Å². The van der Waals surface area contributed by atoms with Crippen molar-refractivity contribution in [2.75, 3.05) is 19.0 Å². The van der Waals surface area contributed by atoms with Gasteiger partial charge in [-0.05, 0) is 97.3 Å². The van der Waals surface area contributed by atoms with Gasteiger partial charge in [-0.25, -0.2) is 4.98 Å². The van der Waals surface area contributed by atoms with E-state index in [2.05, 4.69) is 119 Å². The molecule has 0 bridgehead atoms. The fourth-order valence-corrected chi connectivity index (χ4v) is 7.05. The summed E-state index contributed by atoms with van der Waals surface area (Å²) in [6, 6.07) is 34.4. The van der Waals surface area contributed by atoms with Gasteiger partial charge in [-0.2, -0.15) is 17.2 Å². The Morgan fingerprint density at radius 1 is 0.760 bits per heavy atom. The molecule has 3 aromatic heterocycles. The van der Waals surface area contributed by atoms with Crippen LogP contribution in [0.1, 0.15) is 54.8 Å². The molecule has 0 spiro atoms. The number of aromatic nitrogens is 4. The molecule has 0 unspecified atom stereocenters. The molecule has 50 heavy (non-hydrogen) atoms. The zero-order chi connectivity index (χ0) is 34.2. The second-order valence-corrected chi connectivity index (χ2v) is 13.1. The Balaban J connectivity index is 0.00000432. The van der Waals surface area contributed by atoms with E-state index in [0.717, 1.165) is 75.9 Å². The van der Waals surface area contributed by atoms with Crippen LogP contribution in [-0.4, -0.2) is 33.4 Å². The molecule has 0 saturated heterocycles. The predicted molar refractivity (Wildman–Crippen MR) is 202 cm³/mol. The summed E-state index contributed by atoms with van der Waals surface area (Å²) in [6.07, 6.45) is 6.06. The minimum absolute atomic E-state index is 0. The topological polar surface area (TPSA) is 48.1 Å². The van der Waals surface area contributed by atoms with Gasteiger partial charge < -0.3 is 14.2 Å². The largest absolute Gasteiger partial charge is 2.00 e. The number of para-hydroxylation sites is 1. The Labute approximate surface area is 309 Å². The predicted octanol–water partition coefficient (Wildman–Crippen LogP) is 10.3. The molecule has 7 rings (SSSR count). The van der Waals surface area contributed by atoms with Gasteiger partial charge in [-0.15, -0.1) is 35.7 Å². The fourth-order valence-electron chi connectivity index (χ4n) is 7.05. The molecule has 0 aliphatic heterocycles. The van der Waals surface area contributed by atoms with Gasteiger partial charge in [0.15, 0.2) is 0 Å². The average molecular weight is 752 g/mol. The summed E-state index contributed by atoms with van der Waals surface area (Å²) in [7, 11) is 4.24. The molecule has 0 fully saturated rings. The summed E-state index contributed by atoms with van der Waals surface area (Å²) in [5.41, 5.74) is 12.7. The van der Waals surface area contributed by atoms with E-state index < -0.39 is 0 Å². The molecule has 0 atom stereocenters. The number of nitrogens with zero attached hydrogens (tertiary/aromatic N) is 5. The van der Waals surface area contributed by atoms with E-state index in [9.17, 15) is 0 Å². The molecule has 0 amide bonds. The Kier molecular flexibility index (Phi) is 10.3. The van der Waals surface area contributed by atoms with E-state index in [1.165, 1.54) is 27.9 Å². The second kappa shape index (κ2) is 14.6. The van der Waals surface area contributed by atoms with Crippen molar-refractivity contribution >= 4 is 27.5 Å². The van der Waals surface area contributed by atoms with Gasteiger partial charge >= 0.3 is 20.4 Å². The minimum Gasteiger partial charge on any atom is -0.509 e. The number of ether oxygens (including phenoxy) is 1. The Morgan fingerprint density at radius 3 is 2.18 bits per heavy atom. The summed E-state index contributed by atoms with van der Waals surface area (Å²) in [5.74, 6) is 2.07. The fraction of sp³-hybridized carbons (Fsp3) is 0.256. The van der Waals surface area contributed by atoms with Crippen LogP contribution in [0.25, 0.3) is 44.4 Å². The number of aryl methyl sites for hydroxylation is 4. The molecule has 0 saturated carbocycles. The number of anilines is 1. The normalized spacial score (nSPS) is 11.3. The smallest absolute Gasteiger partial charge is 0.509 e. The van der Waals surface area contributed by atoms with Gasteiger partial charge in [0, 0.05) is 54.3 Å². The molecule has 256 valence electrons. The molecular weight excluding hydrogens is 709 g/mol. The van der Waals surface area contributed by atoms with Crippen molar-refractivity contribution < 1.29 is 25.2 Å². The molecule has 6 nitrogen and oxygen atoms in total. The van der Waals surface area contributed by atoms with Crippen LogP contribution in [0.15, 0.2) is 85.1 Å². The third-order valence-corrected chi connectivity index (χ3v) is 9.27. The van der Waals surface area contributed by atoms with E-state index in [0.29, 0.717) is 11.5 Å². The first-order valence-electron chi connectivity index (χ1n) is 17.3. The van der Waals surface area contributed by atoms with Crippen molar-refractivity contribution in [3.05, 3.63) is 125 Å². The van der Waals surface area contributed by atoms with E-state index in [1.807, 2.05) is 41.2 Å². The molecule has 3 heterocycles. The zero-order valence-corrected chi connectivity index (χ0v) is 31.4. The van der Waals surface area contributed by atoms with Crippen molar-refractivity contribution in [3.63, 3.8) is 0 Å². The monoisotopic (exact) mass is 751 g/mol. The third-order valence-electron chi connectivity index (χ3n) is 9.27. The summed E-state index contributed by atoms with van der Waals surface area (Å²) >= 11 is 0. The quantitative estimate of drug-likeness (QED) is 0.103. The molecule has 7 aromatic rings. The van der Waals surface area contributed by atoms with Crippen LogP contribution in [0, 0.1) is 32.9 Å². The summed E-state index contributed by atoms with van der Waals surface area (Å²) < 4.78 is 10.6. The maximum absolute atomic E-state index is 6.47. The first-order valence-corrected chi connectivity index (χ1v) is 17.3. The van der Waals surface area contributed by atoms with Crippen molar-refractivity contribution in [1.29, 1.82) is 0 Å². The first-order chi connectivity index (χ1) is 23.8. The molecule has 4 aromatic carbocycles. The summed E-state index contributed by atoms with van der Waals surface area (Å²) in [4.78, 5) is 6.92. The number of fused-ring (bicyclic) bond motifs is 3. The van der Waals surface area contributed by atoms with Crippen molar-refractivity contribution in [1.82, 2.24) is 19.3 Å². The number of pyridine rings is 1. The van der Waals surface area contributed by atoms with E-state index in [4.69, 9.17) is 14.8 Å². The van der Waals surface area contributed by atoms with Gasteiger partial charge in [0.2, 0.25) is 0 Å². The third kappa shape index (κ3) is 6.49. The van der Waals surface area contributed by atoms with Gasteiger partial charge in [0.25, 0.3) is 0 Å². The van der Waals surface area contributed by atoms with E-state index >= 15 is 0 Å². The average Bonchev–Trinajstić information content (AvgIpc) is 3.57. The summed E-state index contributed by atoms with van der Waals surface area (Å²) in [6.45, 7) is 10.9. The minimum atomic E-state index is 0. The van der Waals surface area contributed by atoms with Crippen LogP contribution in [0.3, 0.4) is 0 Å². The SMILES string of the molecule is CCCc1cc(N(C)C)cc(CCC)c1-c1c(C)nn(-c2[c-]c(Oc3[c-]c4c(cc3)c3ccccc3n4-c3cc(C)ccn3)ccc2)c1C.[Pd+2]. The molecular formula is C43H43N5OPd. The summed E-state index contributed by atoms with van der Waals surface area (Å²) in [5, 5.41) is 7.33. The number of hydrogen-bond acceptors (Lipinski definition) is 4. The van der Waals surface area contributed by atoms with Gasteiger partial charge in [-0.1, -0.05) is 50.4 Å². The van der Waals surface area contributed by atoms with Crippen LogP contribution in [-0.2, 0) is 33.3 Å². The number of hydrogen-bond donors (Lipinski definition) is 0. The maximum Gasteiger partial charge on any atom is 2.00 e. The van der Waals surface area contributed by atoms with Crippen molar-refractivity contribution in [3.8, 4) is 34.1 Å². The number of rotatable bonds is 10. The van der Waals surface area contributed by atoms with Gasteiger partial charge in [0.1, 0.15) is 5.82 Å². The molecule has 0 aliphatic rings. The molecule has 0 radical (unpaired) electrons. The Hall–Kier alpha value is -4.70. The van der Waals surface area contributed by atoms with Crippen LogP contribution in [0.4, 0.5) is 5.69 Å². The Bertz CT molecular complexity index is 2290. The van der Waals surface area contributed by atoms with E-state index in [-0.39, 0.29) is 20.4 Å². The first kappa shape index (κ1) is 35.1. The van der Waals surface area contributed by atoms with Crippen LogP contribution >= 0.6 is 0 Å². The molecule has 7 heteroatoms. The maximum atomic E-state index is 6.47. The van der Waals surface area contributed by atoms with Crippen molar-refractivity contribution in [2.45, 2.75) is 60.3 Å². The van der Waals surface area contributed by atoms with Crippen LogP contribution in [0.2, 0.25) is 0 Å². The second-order valence-electron chi connectivity index (χ2n) is 13.1. The van der Waals surface area contributed by atoms with Crippen LogP contribution < -0.4 is 9.64 Å². The van der Waals surface area contributed by atoms with Crippen LogP contribution in [0.5, 0.6) is 11.5 Å². The number of benzene rings is 4. The van der Waals surface area contributed by atoms with Gasteiger partial charge in [0.05, 0.1) is 5.69 Å². The van der Waals surface area contributed by atoms with Crippen molar-refractivity contribution in [2.24, 2.45) is 0 Å².